The zero-order valence-electron chi connectivity index (χ0n) is 15.5. The lowest BCUT2D eigenvalue weighted by Gasteiger charge is -2.24. The number of nitrogens with one attached hydrogen (secondary N) is 2. The van der Waals surface area contributed by atoms with E-state index in [0.29, 0.717) is 19.5 Å². The van der Waals surface area contributed by atoms with Gasteiger partial charge in [0.1, 0.15) is 5.75 Å². The summed E-state index contributed by atoms with van der Waals surface area (Å²) in [5.41, 5.74) is 1.17. The van der Waals surface area contributed by atoms with Gasteiger partial charge in [0.2, 0.25) is 5.91 Å². The second-order valence-electron chi connectivity index (χ2n) is 7.29. The van der Waals surface area contributed by atoms with Gasteiger partial charge in [-0.2, -0.15) is 0 Å². The van der Waals surface area contributed by atoms with Crippen LogP contribution in [0.4, 0.5) is 4.79 Å². The summed E-state index contributed by atoms with van der Waals surface area (Å²) in [4.78, 5) is 26.2. The van der Waals surface area contributed by atoms with Crippen LogP contribution in [0.3, 0.4) is 0 Å². The van der Waals surface area contributed by atoms with E-state index in [1.807, 2.05) is 29.2 Å². The molecule has 1 aromatic carbocycles. The van der Waals surface area contributed by atoms with Crippen molar-refractivity contribution >= 4 is 11.9 Å². The highest BCUT2D eigenvalue weighted by atomic mass is 16.5. The molecule has 1 heterocycles. The molecular weight excluding hydrogens is 330 g/mol. The molecular formula is C20H29N3O3. The van der Waals surface area contributed by atoms with Crippen LogP contribution in [0.5, 0.6) is 5.75 Å². The number of carbonyl (C=O) groups is 2. The highest BCUT2D eigenvalue weighted by Crippen LogP contribution is 2.18. The van der Waals surface area contributed by atoms with Crippen molar-refractivity contribution < 1.29 is 14.3 Å². The third-order valence-electron chi connectivity index (χ3n) is 5.32. The minimum atomic E-state index is -0.133. The molecule has 6 heteroatoms. The first kappa shape index (κ1) is 18.5. The average molecular weight is 359 g/mol. The Balaban J connectivity index is 1.41. The lowest BCUT2D eigenvalue weighted by Crippen LogP contribution is -2.47. The number of carbonyl (C=O) groups excluding carboxylic acids is 2. The number of urea groups is 1. The Kier molecular flexibility index (Phi) is 6.36. The number of methoxy groups -OCH3 is 1. The maximum Gasteiger partial charge on any atom is 0.315 e. The minimum Gasteiger partial charge on any atom is -0.497 e. The van der Waals surface area contributed by atoms with Crippen LogP contribution < -0.4 is 15.4 Å². The number of hydrogen-bond donors (Lipinski definition) is 2. The molecule has 1 saturated heterocycles. The summed E-state index contributed by atoms with van der Waals surface area (Å²) >= 11 is 0. The lowest BCUT2D eigenvalue weighted by atomic mass is 9.96. The van der Waals surface area contributed by atoms with Gasteiger partial charge in [-0.25, -0.2) is 4.79 Å². The van der Waals surface area contributed by atoms with Crippen LogP contribution in [0.1, 0.15) is 44.1 Å². The molecule has 2 fully saturated rings. The molecule has 142 valence electrons. The SMILES string of the molecule is COc1ccc(CCN2C[C@@H](NC(=O)NC3CCCCC3)CC2=O)cc1. The fourth-order valence-electron chi connectivity index (χ4n) is 3.80. The molecule has 0 unspecified atom stereocenters. The van der Waals surface area contributed by atoms with Crippen molar-refractivity contribution in [1.29, 1.82) is 0 Å². The normalized spacial score (nSPS) is 20.9. The Morgan fingerprint density at radius 2 is 1.81 bits per heavy atom. The average Bonchev–Trinajstić information content (AvgIpc) is 3.00. The van der Waals surface area contributed by atoms with Gasteiger partial charge >= 0.3 is 6.03 Å². The maximum absolute atomic E-state index is 12.2. The predicted octanol–water partition coefficient (Wildman–Crippen LogP) is 2.47. The van der Waals surface area contributed by atoms with E-state index >= 15 is 0 Å². The van der Waals surface area contributed by atoms with Gasteiger partial charge in [0.25, 0.3) is 0 Å². The third kappa shape index (κ3) is 5.13. The van der Waals surface area contributed by atoms with Gasteiger partial charge in [0.15, 0.2) is 0 Å². The van der Waals surface area contributed by atoms with Gasteiger partial charge in [0.05, 0.1) is 13.2 Å². The lowest BCUT2D eigenvalue weighted by molar-refractivity contribution is -0.127. The summed E-state index contributed by atoms with van der Waals surface area (Å²) in [5.74, 6) is 0.945. The summed E-state index contributed by atoms with van der Waals surface area (Å²) in [6.45, 7) is 1.26. The number of nitrogens with zero attached hydrogens (tertiary/aromatic N) is 1. The molecule has 1 saturated carbocycles. The van der Waals surface area contributed by atoms with Gasteiger partial charge in [-0.3, -0.25) is 4.79 Å². The van der Waals surface area contributed by atoms with Crippen LogP contribution in [0.25, 0.3) is 0 Å². The predicted molar refractivity (Wildman–Crippen MR) is 100 cm³/mol. The molecule has 1 aliphatic carbocycles. The Morgan fingerprint density at radius 3 is 2.50 bits per heavy atom. The van der Waals surface area contributed by atoms with Crippen LogP contribution in [-0.4, -0.2) is 49.1 Å². The van der Waals surface area contributed by atoms with E-state index in [4.69, 9.17) is 4.74 Å². The molecule has 3 amide bonds. The van der Waals surface area contributed by atoms with E-state index in [-0.39, 0.29) is 24.0 Å². The largest absolute Gasteiger partial charge is 0.497 e. The third-order valence-corrected chi connectivity index (χ3v) is 5.32. The summed E-state index contributed by atoms with van der Waals surface area (Å²) in [6.07, 6.45) is 6.95. The molecule has 0 aromatic heterocycles. The van der Waals surface area contributed by atoms with E-state index in [2.05, 4.69) is 10.6 Å². The smallest absolute Gasteiger partial charge is 0.315 e. The molecule has 1 aliphatic heterocycles. The fourth-order valence-corrected chi connectivity index (χ4v) is 3.80. The molecule has 2 aliphatic rings. The quantitative estimate of drug-likeness (QED) is 0.820. The second-order valence-corrected chi connectivity index (χ2v) is 7.29. The molecule has 6 nitrogen and oxygen atoms in total. The van der Waals surface area contributed by atoms with E-state index in [1.165, 1.54) is 24.8 Å². The van der Waals surface area contributed by atoms with Crippen molar-refractivity contribution in [2.45, 2.75) is 57.0 Å². The minimum absolute atomic E-state index is 0.0954. The fraction of sp³-hybridized carbons (Fsp3) is 0.600. The van der Waals surface area contributed by atoms with Crippen molar-refractivity contribution in [2.75, 3.05) is 20.2 Å². The van der Waals surface area contributed by atoms with Crippen molar-refractivity contribution in [2.24, 2.45) is 0 Å². The summed E-state index contributed by atoms with van der Waals surface area (Å²) in [6, 6.07) is 7.96. The topological polar surface area (TPSA) is 70.7 Å². The monoisotopic (exact) mass is 359 g/mol. The van der Waals surface area contributed by atoms with Gasteiger partial charge in [0, 0.05) is 25.6 Å². The van der Waals surface area contributed by atoms with Crippen LogP contribution in [0.15, 0.2) is 24.3 Å². The van der Waals surface area contributed by atoms with Crippen molar-refractivity contribution in [1.82, 2.24) is 15.5 Å². The van der Waals surface area contributed by atoms with Crippen molar-refractivity contribution in [3.8, 4) is 5.75 Å². The van der Waals surface area contributed by atoms with Crippen LogP contribution in [0, 0.1) is 0 Å². The molecule has 26 heavy (non-hydrogen) atoms. The standard InChI is InChI=1S/C20H29N3O3/c1-26-18-9-7-15(8-10-18)11-12-23-14-17(13-19(23)24)22-20(25)21-16-5-3-2-4-6-16/h7-10,16-17H,2-6,11-14H2,1H3,(H2,21,22,25)/t17-/m0/s1. The molecule has 0 spiro atoms. The summed E-state index contributed by atoms with van der Waals surface area (Å²) in [7, 11) is 1.65. The second kappa shape index (κ2) is 8.92. The van der Waals surface area contributed by atoms with Gasteiger partial charge in [-0.15, -0.1) is 0 Å². The van der Waals surface area contributed by atoms with Gasteiger partial charge in [-0.05, 0) is 37.0 Å². The first-order valence-corrected chi connectivity index (χ1v) is 9.62. The van der Waals surface area contributed by atoms with Crippen LogP contribution >= 0.6 is 0 Å². The Labute approximate surface area is 155 Å². The highest BCUT2D eigenvalue weighted by Gasteiger charge is 2.30. The van der Waals surface area contributed by atoms with E-state index in [1.54, 1.807) is 7.11 Å². The Morgan fingerprint density at radius 1 is 1.12 bits per heavy atom. The molecule has 0 radical (unpaired) electrons. The molecule has 3 rings (SSSR count). The van der Waals surface area contributed by atoms with E-state index in [0.717, 1.165) is 25.0 Å². The van der Waals surface area contributed by atoms with Crippen LogP contribution in [0.2, 0.25) is 0 Å². The van der Waals surface area contributed by atoms with Crippen molar-refractivity contribution in [3.05, 3.63) is 29.8 Å². The Hall–Kier alpha value is -2.24. The molecule has 2 N–H and O–H groups in total. The molecule has 0 bridgehead atoms. The highest BCUT2D eigenvalue weighted by molar-refractivity contribution is 5.81. The van der Waals surface area contributed by atoms with E-state index < -0.39 is 0 Å². The van der Waals surface area contributed by atoms with Crippen molar-refractivity contribution in [3.63, 3.8) is 0 Å². The number of ether oxygens (including phenoxy) is 1. The van der Waals surface area contributed by atoms with Gasteiger partial charge in [-0.1, -0.05) is 31.4 Å². The summed E-state index contributed by atoms with van der Waals surface area (Å²) in [5, 5.41) is 6.02. The Bertz CT molecular complexity index is 611. The number of amides is 3. The van der Waals surface area contributed by atoms with Gasteiger partial charge < -0.3 is 20.3 Å². The number of hydrogen-bond acceptors (Lipinski definition) is 3. The number of likely N-dealkylation sites (tertiary alicyclic amines) is 1. The zero-order chi connectivity index (χ0) is 18.4. The van der Waals surface area contributed by atoms with E-state index in [9.17, 15) is 9.59 Å². The maximum atomic E-state index is 12.2. The van der Waals surface area contributed by atoms with Crippen LogP contribution in [-0.2, 0) is 11.2 Å². The number of rotatable bonds is 6. The number of benzene rings is 1. The summed E-state index contributed by atoms with van der Waals surface area (Å²) < 4.78 is 5.16. The molecule has 1 atom stereocenters. The zero-order valence-corrected chi connectivity index (χ0v) is 15.5. The molecule has 1 aromatic rings. The first-order valence-electron chi connectivity index (χ1n) is 9.62. The first-order chi connectivity index (χ1) is 12.6.